The number of ether oxygens (including phenoxy) is 1. The van der Waals surface area contributed by atoms with Gasteiger partial charge in [0.05, 0.1) is 18.3 Å². The summed E-state index contributed by atoms with van der Waals surface area (Å²) in [5.74, 6) is 0.606. The molecule has 18 heavy (non-hydrogen) atoms. The van der Waals surface area contributed by atoms with Crippen LogP contribution in [-0.2, 0) is 16.8 Å². The first kappa shape index (κ1) is 15.2. The van der Waals surface area contributed by atoms with Crippen molar-refractivity contribution in [3.8, 4) is 0 Å². The van der Waals surface area contributed by atoms with Crippen LogP contribution in [-0.4, -0.2) is 29.5 Å². The van der Waals surface area contributed by atoms with Crippen molar-refractivity contribution in [1.82, 2.24) is 15.1 Å². The molecule has 0 saturated carbocycles. The number of nitrogens with one attached hydrogen (secondary N) is 1. The fourth-order valence-corrected chi connectivity index (χ4v) is 1.51. The van der Waals surface area contributed by atoms with Gasteiger partial charge in [0.25, 0.3) is 0 Å². The van der Waals surface area contributed by atoms with Gasteiger partial charge in [0.15, 0.2) is 0 Å². The van der Waals surface area contributed by atoms with Crippen LogP contribution in [0, 0.1) is 5.92 Å². The molecule has 0 spiro atoms. The van der Waals surface area contributed by atoms with Gasteiger partial charge in [-0.2, -0.15) is 5.10 Å². The van der Waals surface area contributed by atoms with Gasteiger partial charge in [-0.05, 0) is 26.7 Å². The average Bonchev–Trinajstić information content (AvgIpc) is 2.71. The zero-order valence-electron chi connectivity index (χ0n) is 12.4. The van der Waals surface area contributed by atoms with Gasteiger partial charge >= 0.3 is 0 Å². The molecule has 0 fully saturated rings. The number of hydrogen-bond donors (Lipinski definition) is 1. The molecule has 0 unspecified atom stereocenters. The molecule has 0 saturated heterocycles. The summed E-state index contributed by atoms with van der Waals surface area (Å²) in [4.78, 5) is 0. The highest BCUT2D eigenvalue weighted by Gasteiger charge is 2.13. The van der Waals surface area contributed by atoms with Crippen molar-refractivity contribution in [2.45, 2.75) is 46.7 Å². The molecule has 0 atom stereocenters. The van der Waals surface area contributed by atoms with Crippen LogP contribution in [0.5, 0.6) is 0 Å². The monoisotopic (exact) mass is 253 g/mol. The van der Waals surface area contributed by atoms with Gasteiger partial charge in [-0.15, -0.1) is 0 Å². The molecule has 0 amide bonds. The van der Waals surface area contributed by atoms with E-state index in [4.69, 9.17) is 4.74 Å². The summed E-state index contributed by atoms with van der Waals surface area (Å²) in [6, 6.07) is 0. The lowest BCUT2D eigenvalue weighted by atomic mass is 10.1. The minimum atomic E-state index is 0.0542. The summed E-state index contributed by atoms with van der Waals surface area (Å²) < 4.78 is 7.51. The van der Waals surface area contributed by atoms with Crippen molar-refractivity contribution in [1.29, 1.82) is 0 Å². The maximum Gasteiger partial charge on any atom is 0.0591 e. The van der Waals surface area contributed by atoms with E-state index < -0.39 is 0 Å². The third-order valence-corrected chi connectivity index (χ3v) is 2.53. The van der Waals surface area contributed by atoms with E-state index in [1.54, 1.807) is 0 Å². The second kappa shape index (κ2) is 6.90. The van der Waals surface area contributed by atoms with Crippen LogP contribution in [0.15, 0.2) is 12.4 Å². The van der Waals surface area contributed by atoms with E-state index in [1.165, 1.54) is 5.56 Å². The second-order valence-corrected chi connectivity index (χ2v) is 6.11. The molecule has 0 aliphatic carbocycles. The van der Waals surface area contributed by atoms with Crippen LogP contribution < -0.4 is 5.32 Å². The van der Waals surface area contributed by atoms with Gasteiger partial charge in [-0.25, -0.2) is 0 Å². The van der Waals surface area contributed by atoms with E-state index in [0.717, 1.165) is 26.3 Å². The van der Waals surface area contributed by atoms with Crippen LogP contribution >= 0.6 is 0 Å². The minimum Gasteiger partial charge on any atom is -0.380 e. The van der Waals surface area contributed by atoms with Gasteiger partial charge in [0.1, 0.15) is 0 Å². The van der Waals surface area contributed by atoms with Gasteiger partial charge in [0, 0.05) is 31.5 Å². The summed E-state index contributed by atoms with van der Waals surface area (Å²) in [5, 5.41) is 7.73. The van der Waals surface area contributed by atoms with Crippen molar-refractivity contribution in [3.05, 3.63) is 18.0 Å². The first-order valence-electron chi connectivity index (χ1n) is 6.72. The van der Waals surface area contributed by atoms with Gasteiger partial charge in [0.2, 0.25) is 0 Å². The van der Waals surface area contributed by atoms with Crippen molar-refractivity contribution in [3.63, 3.8) is 0 Å². The molecule has 0 aliphatic heterocycles. The minimum absolute atomic E-state index is 0.0542. The molecular weight excluding hydrogens is 226 g/mol. The van der Waals surface area contributed by atoms with Gasteiger partial charge in [-0.3, -0.25) is 4.68 Å². The highest BCUT2D eigenvalue weighted by Crippen LogP contribution is 2.12. The average molecular weight is 253 g/mol. The Labute approximate surface area is 111 Å². The summed E-state index contributed by atoms with van der Waals surface area (Å²) in [6.45, 7) is 14.1. The van der Waals surface area contributed by atoms with E-state index in [-0.39, 0.29) is 5.54 Å². The molecule has 1 heterocycles. The Bertz CT molecular complexity index is 339. The predicted octanol–water partition coefficient (Wildman–Crippen LogP) is 2.40. The zero-order chi connectivity index (χ0) is 13.6. The summed E-state index contributed by atoms with van der Waals surface area (Å²) in [6.07, 6.45) is 4.02. The second-order valence-electron chi connectivity index (χ2n) is 6.11. The Morgan fingerprint density at radius 3 is 2.67 bits per heavy atom. The lowest BCUT2D eigenvalue weighted by molar-refractivity contribution is 0.111. The molecule has 0 aromatic carbocycles. The fourth-order valence-electron chi connectivity index (χ4n) is 1.51. The van der Waals surface area contributed by atoms with Crippen molar-refractivity contribution < 1.29 is 4.74 Å². The molecule has 1 aromatic heterocycles. The maximum atomic E-state index is 5.51. The maximum absolute atomic E-state index is 5.51. The molecule has 1 aromatic rings. The van der Waals surface area contributed by atoms with E-state index in [2.05, 4.69) is 51.2 Å². The first-order chi connectivity index (χ1) is 8.39. The molecule has 0 radical (unpaired) electrons. The van der Waals surface area contributed by atoms with Crippen LogP contribution in [0.25, 0.3) is 0 Å². The molecule has 1 rings (SSSR count). The number of nitrogens with zero attached hydrogens (tertiary/aromatic N) is 2. The number of rotatable bonds is 7. The molecule has 0 bridgehead atoms. The normalized spacial score (nSPS) is 12.3. The van der Waals surface area contributed by atoms with E-state index >= 15 is 0 Å². The fraction of sp³-hybridized carbons (Fsp3) is 0.786. The van der Waals surface area contributed by atoms with Crippen LogP contribution in [0.4, 0.5) is 0 Å². The van der Waals surface area contributed by atoms with Gasteiger partial charge in [-0.1, -0.05) is 13.8 Å². The van der Waals surface area contributed by atoms with Crippen molar-refractivity contribution in [2.75, 3.05) is 19.8 Å². The number of aromatic nitrogens is 2. The molecule has 104 valence electrons. The number of hydrogen-bond acceptors (Lipinski definition) is 3. The zero-order valence-corrected chi connectivity index (χ0v) is 12.4. The van der Waals surface area contributed by atoms with Crippen LogP contribution in [0.1, 0.15) is 40.2 Å². The van der Waals surface area contributed by atoms with E-state index in [1.807, 2.05) is 10.9 Å². The Kier molecular flexibility index (Phi) is 5.82. The molecule has 4 nitrogen and oxygen atoms in total. The summed E-state index contributed by atoms with van der Waals surface area (Å²) in [5.41, 5.74) is 1.27. The lowest BCUT2D eigenvalue weighted by Crippen LogP contribution is -2.22. The highest BCUT2D eigenvalue weighted by atomic mass is 16.5. The molecule has 1 N–H and O–H groups in total. The SMILES string of the molecule is CC(C)COCCNCc1cnn(C(C)(C)C)c1. The topological polar surface area (TPSA) is 39.1 Å². The lowest BCUT2D eigenvalue weighted by Gasteiger charge is -2.18. The first-order valence-corrected chi connectivity index (χ1v) is 6.72. The van der Waals surface area contributed by atoms with Gasteiger partial charge < -0.3 is 10.1 Å². The largest absolute Gasteiger partial charge is 0.380 e. The van der Waals surface area contributed by atoms with E-state index in [0.29, 0.717) is 5.92 Å². The van der Waals surface area contributed by atoms with Crippen LogP contribution in [0.3, 0.4) is 0 Å². The third kappa shape index (κ3) is 5.65. The smallest absolute Gasteiger partial charge is 0.0591 e. The third-order valence-electron chi connectivity index (χ3n) is 2.53. The Hall–Kier alpha value is -0.870. The Morgan fingerprint density at radius 1 is 1.39 bits per heavy atom. The Morgan fingerprint density at radius 2 is 2.11 bits per heavy atom. The Balaban J connectivity index is 2.18. The molecule has 4 heteroatoms. The quantitative estimate of drug-likeness (QED) is 0.758. The molecule has 0 aliphatic rings. The van der Waals surface area contributed by atoms with Crippen LogP contribution in [0.2, 0.25) is 0 Å². The van der Waals surface area contributed by atoms with E-state index in [9.17, 15) is 0 Å². The summed E-state index contributed by atoms with van der Waals surface area (Å²) >= 11 is 0. The van der Waals surface area contributed by atoms with Crippen molar-refractivity contribution >= 4 is 0 Å². The summed E-state index contributed by atoms with van der Waals surface area (Å²) in [7, 11) is 0. The van der Waals surface area contributed by atoms with Crippen molar-refractivity contribution in [2.24, 2.45) is 5.92 Å². The molecular formula is C14H27N3O. The predicted molar refractivity (Wildman–Crippen MR) is 74.6 cm³/mol. The standard InChI is InChI=1S/C14H27N3O/c1-12(2)11-18-7-6-15-8-13-9-16-17(10-13)14(3,4)5/h9-10,12,15H,6-8,11H2,1-5H3. The highest BCUT2D eigenvalue weighted by molar-refractivity contribution is 5.04.